The van der Waals surface area contributed by atoms with Crippen LogP contribution < -0.4 is 0 Å². The molecule has 1 rings (SSSR count). The van der Waals surface area contributed by atoms with Crippen LogP contribution >= 0.6 is 23.5 Å². The van der Waals surface area contributed by atoms with Crippen molar-refractivity contribution in [3.63, 3.8) is 0 Å². The van der Waals surface area contributed by atoms with Gasteiger partial charge in [-0.2, -0.15) is 0 Å². The van der Waals surface area contributed by atoms with E-state index in [1.54, 1.807) is 0 Å². The van der Waals surface area contributed by atoms with Gasteiger partial charge in [0.25, 0.3) is 0 Å². The Kier molecular flexibility index (Phi) is 47.6. The third-order valence-corrected chi connectivity index (χ3v) is 14.6. The minimum atomic E-state index is -0.296. The van der Waals surface area contributed by atoms with Crippen LogP contribution in [0.5, 0.6) is 0 Å². The summed E-state index contributed by atoms with van der Waals surface area (Å²) in [4.78, 5) is 51.7. The number of carbonyl (C=O) groups is 4. The van der Waals surface area contributed by atoms with Gasteiger partial charge < -0.3 is 23.8 Å². The summed E-state index contributed by atoms with van der Waals surface area (Å²) in [6, 6.07) is 0. The molecule has 0 saturated carbocycles. The molecule has 0 amide bonds. The lowest BCUT2D eigenvalue weighted by atomic mass is 9.93. The molecular weight excluding hydrogens is 903 g/mol. The van der Waals surface area contributed by atoms with Gasteiger partial charge in [0.05, 0.1) is 49.4 Å². The van der Waals surface area contributed by atoms with Crippen LogP contribution in [-0.4, -0.2) is 97.9 Å². The third kappa shape index (κ3) is 46.6. The van der Waals surface area contributed by atoms with Crippen LogP contribution in [0.25, 0.3) is 0 Å². The van der Waals surface area contributed by atoms with Crippen molar-refractivity contribution in [1.29, 1.82) is 0 Å². The molecule has 0 aromatic heterocycles. The molecule has 0 N–H and O–H groups in total. The van der Waals surface area contributed by atoms with E-state index in [4.69, 9.17) is 18.9 Å². The minimum Gasteiger partial charge on any atom is -0.465 e. The molecule has 0 aromatic rings. The first-order valence-electron chi connectivity index (χ1n) is 28.3. The van der Waals surface area contributed by atoms with Gasteiger partial charge in [-0.3, -0.25) is 19.2 Å². The molecule has 0 spiro atoms. The number of carbonyl (C=O) groups excluding carboxylic acids is 4. The summed E-state index contributed by atoms with van der Waals surface area (Å²) in [5.74, 6) is 0.731. The largest absolute Gasteiger partial charge is 0.465 e. The highest BCUT2D eigenvalue weighted by molar-refractivity contribution is 8.00. The highest BCUT2D eigenvalue weighted by Crippen LogP contribution is 2.22. The summed E-state index contributed by atoms with van der Waals surface area (Å²) in [5.41, 5.74) is 0. The maximum atomic E-state index is 12.4. The van der Waals surface area contributed by atoms with Gasteiger partial charge in [0.2, 0.25) is 0 Å². The minimum absolute atomic E-state index is 0.141. The summed E-state index contributed by atoms with van der Waals surface area (Å²) in [6.45, 7) is 12.0. The molecule has 1 aliphatic heterocycles. The van der Waals surface area contributed by atoms with Crippen LogP contribution in [0.4, 0.5) is 0 Å². The predicted molar refractivity (Wildman–Crippen MR) is 294 cm³/mol. The fourth-order valence-corrected chi connectivity index (χ4v) is 9.81. The topological polar surface area (TPSA) is 108 Å². The Balaban J connectivity index is 2.07. The van der Waals surface area contributed by atoms with Gasteiger partial charge in [-0.15, -0.1) is 23.5 Å². The highest BCUT2D eigenvalue weighted by atomic mass is 32.2. The molecule has 1 saturated heterocycles. The molecule has 0 aliphatic carbocycles. The zero-order valence-electron chi connectivity index (χ0n) is 44.6. The number of rotatable bonds is 50. The van der Waals surface area contributed by atoms with Crippen molar-refractivity contribution in [2.24, 2.45) is 11.8 Å². The van der Waals surface area contributed by atoms with Crippen LogP contribution in [-0.2, 0) is 38.1 Å². The molecule has 11 heteroatoms. The Bertz CT molecular complexity index is 1300. The van der Waals surface area contributed by atoms with E-state index >= 15 is 0 Å². The summed E-state index contributed by atoms with van der Waals surface area (Å²) in [5, 5.41) is 0. The number of esters is 4. The number of hydrogen-bond acceptors (Lipinski definition) is 11. The van der Waals surface area contributed by atoms with E-state index in [1.165, 1.54) is 159 Å². The van der Waals surface area contributed by atoms with E-state index in [1.807, 2.05) is 0 Å². The quantitative estimate of drug-likeness (QED) is 0.0251. The van der Waals surface area contributed by atoms with E-state index < -0.39 is 0 Å². The average molecular weight is 1010 g/mol. The number of unbranched alkanes of at least 4 members (excludes halogenated alkanes) is 17. The standard InChI is InChI=1S/C58H103NO8S2/c1-4-6-8-9-10-11-12-13-14-15-16-17-20-23-26-32-45-64-55(60)49-68-51-57(62)66-47-35-40-54(39-34-44-59-42-30-31-43-59)41-36-48-67-58(63)52-69-50-56(61)65-46-33-27-24-21-18-19-22-25-29-38-53(3)37-28-7-5-2/h10-11,13-14,25,29,53-54H,4-9,12,15-24,26-28,30-52H2,1-3H3/b11-10-,14-13-,29-25-. The highest BCUT2D eigenvalue weighted by Gasteiger charge is 2.15. The summed E-state index contributed by atoms with van der Waals surface area (Å²) in [6.07, 6.45) is 50.9. The van der Waals surface area contributed by atoms with Gasteiger partial charge in [-0.25, -0.2) is 0 Å². The number of thioether (sulfide) groups is 2. The first-order chi connectivity index (χ1) is 33.8. The number of nitrogens with zero attached hydrogens (tertiary/aromatic N) is 1. The second-order valence-electron chi connectivity index (χ2n) is 19.5. The maximum absolute atomic E-state index is 12.4. The number of likely N-dealkylation sites (tertiary alicyclic amines) is 1. The van der Waals surface area contributed by atoms with Crippen LogP contribution in [0.15, 0.2) is 36.5 Å². The molecule has 1 heterocycles. The Morgan fingerprint density at radius 3 is 1.32 bits per heavy atom. The van der Waals surface area contributed by atoms with Crippen LogP contribution in [0, 0.1) is 11.8 Å². The Morgan fingerprint density at radius 1 is 0.449 bits per heavy atom. The summed E-state index contributed by atoms with van der Waals surface area (Å²) >= 11 is 2.50. The zero-order chi connectivity index (χ0) is 49.9. The molecule has 1 aliphatic rings. The fraction of sp³-hybridized carbons (Fsp3) is 0.828. The molecule has 2 atom stereocenters. The van der Waals surface area contributed by atoms with Crippen molar-refractivity contribution in [3.05, 3.63) is 36.5 Å². The van der Waals surface area contributed by atoms with Gasteiger partial charge in [0, 0.05) is 0 Å². The first-order valence-corrected chi connectivity index (χ1v) is 30.6. The van der Waals surface area contributed by atoms with Gasteiger partial charge in [-0.1, -0.05) is 147 Å². The average Bonchev–Trinajstić information content (AvgIpc) is 3.86. The first kappa shape index (κ1) is 64.8. The lowest BCUT2D eigenvalue weighted by Gasteiger charge is -2.19. The van der Waals surface area contributed by atoms with E-state index in [-0.39, 0.29) is 46.9 Å². The number of hydrogen-bond donors (Lipinski definition) is 0. The SMILES string of the molecule is CCCCC/C=C\C/C=C\CCCCCCCCOC(=O)CSCC(=O)OCCCC(CCCOC(=O)CSCC(=O)OCCCCCCCC/C=C\CC(C)CCCCC)CCCN1CCCC1. The van der Waals surface area contributed by atoms with Gasteiger partial charge in [0.15, 0.2) is 0 Å². The summed E-state index contributed by atoms with van der Waals surface area (Å²) in [7, 11) is 0. The summed E-state index contributed by atoms with van der Waals surface area (Å²) < 4.78 is 21.8. The second-order valence-corrected chi connectivity index (χ2v) is 21.5. The van der Waals surface area contributed by atoms with Gasteiger partial charge in [0.1, 0.15) is 0 Å². The smallest absolute Gasteiger partial charge is 0.315 e. The Labute approximate surface area is 432 Å². The molecule has 1 fully saturated rings. The van der Waals surface area contributed by atoms with Crippen molar-refractivity contribution in [1.82, 2.24) is 4.90 Å². The van der Waals surface area contributed by atoms with Crippen molar-refractivity contribution in [2.45, 2.75) is 226 Å². The van der Waals surface area contributed by atoms with Crippen molar-refractivity contribution >= 4 is 47.4 Å². The second kappa shape index (κ2) is 50.7. The van der Waals surface area contributed by atoms with Gasteiger partial charge in [-0.05, 0) is 147 Å². The van der Waals surface area contributed by atoms with Crippen molar-refractivity contribution < 1.29 is 38.1 Å². The van der Waals surface area contributed by atoms with E-state index in [2.05, 4.69) is 62.1 Å². The predicted octanol–water partition coefficient (Wildman–Crippen LogP) is 15.4. The molecule has 400 valence electrons. The van der Waals surface area contributed by atoms with Crippen LogP contribution in [0.2, 0.25) is 0 Å². The molecular formula is C58H103NO8S2. The Hall–Kier alpha value is -2.24. The Morgan fingerprint density at radius 2 is 0.841 bits per heavy atom. The molecule has 69 heavy (non-hydrogen) atoms. The van der Waals surface area contributed by atoms with E-state index in [9.17, 15) is 19.2 Å². The van der Waals surface area contributed by atoms with Crippen molar-refractivity contribution in [3.8, 4) is 0 Å². The zero-order valence-corrected chi connectivity index (χ0v) is 46.2. The van der Waals surface area contributed by atoms with E-state index in [0.717, 1.165) is 95.9 Å². The normalized spacial score (nSPS) is 14.0. The van der Waals surface area contributed by atoms with Crippen LogP contribution in [0.1, 0.15) is 226 Å². The monoisotopic (exact) mass is 1010 g/mol. The maximum Gasteiger partial charge on any atom is 0.315 e. The third-order valence-electron chi connectivity index (χ3n) is 12.8. The molecule has 9 nitrogen and oxygen atoms in total. The molecule has 0 radical (unpaired) electrons. The van der Waals surface area contributed by atoms with E-state index in [0.29, 0.717) is 32.3 Å². The lowest BCUT2D eigenvalue weighted by molar-refractivity contribution is -0.142. The van der Waals surface area contributed by atoms with Crippen molar-refractivity contribution in [2.75, 3.05) is 69.1 Å². The lowest BCUT2D eigenvalue weighted by Crippen LogP contribution is -2.21. The van der Waals surface area contributed by atoms with Gasteiger partial charge >= 0.3 is 23.9 Å². The number of allylic oxidation sites excluding steroid dienone is 6. The molecule has 2 unspecified atom stereocenters. The number of ether oxygens (including phenoxy) is 4. The van der Waals surface area contributed by atoms with Crippen LogP contribution in [0.3, 0.4) is 0 Å². The molecule has 0 bridgehead atoms. The fourth-order valence-electron chi connectivity index (χ4n) is 8.60. The molecule has 0 aromatic carbocycles.